The van der Waals surface area contributed by atoms with Crippen LogP contribution in [-0.4, -0.2) is 35.5 Å². The predicted octanol–water partition coefficient (Wildman–Crippen LogP) is 8.06. The number of para-hydroxylation sites is 1. The maximum Gasteiger partial charge on any atom is 0.326 e. The molecular formula is C35H25Cl2FN4O3. The summed E-state index contributed by atoms with van der Waals surface area (Å²) in [7, 11) is 1.59. The molecule has 2 aliphatic rings. The standard InChI is InChI=1S/C35H25Cl2FN4O3/c1-45-23-9-6-20(7-10-23)18-42-30(19-43)32-24-11-13-31(37)39-27(24)17-28(33(32)34(42)25-16-22(38)8-12-26(25)36)40-35(44)41-15-14-21-4-2-3-5-29(21)41/h2-13,16-17,34H,14-15,18H2,1H3,(H,40,44). The number of carbonyl (C=O) groups excluding carboxylic acids is 2. The van der Waals surface area contributed by atoms with E-state index in [1.54, 1.807) is 30.2 Å². The van der Waals surface area contributed by atoms with Crippen molar-refractivity contribution in [3.8, 4) is 5.75 Å². The number of nitrogens with zero attached hydrogens (tertiary/aromatic N) is 3. The van der Waals surface area contributed by atoms with Gasteiger partial charge in [0.1, 0.15) is 22.4 Å². The third-order valence-electron chi connectivity index (χ3n) is 8.34. The molecule has 2 aliphatic heterocycles. The van der Waals surface area contributed by atoms with E-state index in [0.717, 1.165) is 23.2 Å². The van der Waals surface area contributed by atoms with E-state index in [2.05, 4.69) is 16.2 Å². The van der Waals surface area contributed by atoms with Crippen LogP contribution in [0, 0.1) is 5.82 Å². The number of benzene rings is 4. The number of halogens is 3. The summed E-state index contributed by atoms with van der Waals surface area (Å²) in [6.45, 7) is 0.753. The van der Waals surface area contributed by atoms with Gasteiger partial charge in [-0.1, -0.05) is 53.5 Å². The molecular weight excluding hydrogens is 614 g/mol. The first kappa shape index (κ1) is 28.9. The van der Waals surface area contributed by atoms with Crippen molar-refractivity contribution in [1.29, 1.82) is 0 Å². The average Bonchev–Trinajstić information content (AvgIpc) is 3.62. The number of urea groups is 1. The van der Waals surface area contributed by atoms with Crippen LogP contribution < -0.4 is 15.0 Å². The Kier molecular flexibility index (Phi) is 7.42. The number of methoxy groups -OCH3 is 1. The zero-order valence-corrected chi connectivity index (χ0v) is 25.5. The van der Waals surface area contributed by atoms with E-state index in [1.807, 2.05) is 53.4 Å². The Hall–Kier alpha value is -4.88. The highest BCUT2D eigenvalue weighted by molar-refractivity contribution is 6.31. The number of aromatic nitrogens is 1. The number of pyridine rings is 1. The molecule has 1 N–H and O–H groups in total. The van der Waals surface area contributed by atoms with E-state index in [1.165, 1.54) is 18.2 Å². The fraction of sp³-hybridized carbons (Fsp3) is 0.143. The first-order chi connectivity index (χ1) is 21.9. The van der Waals surface area contributed by atoms with Crippen molar-refractivity contribution < 1.29 is 18.7 Å². The second-order valence-electron chi connectivity index (χ2n) is 10.9. The summed E-state index contributed by atoms with van der Waals surface area (Å²) in [6, 6.07) is 23.4. The molecule has 3 heterocycles. The summed E-state index contributed by atoms with van der Waals surface area (Å²) in [6.07, 6.45) is 0.728. The van der Waals surface area contributed by atoms with Crippen LogP contribution in [0.2, 0.25) is 10.2 Å². The molecule has 0 saturated carbocycles. The molecule has 0 spiro atoms. The Labute approximate surface area is 268 Å². The molecule has 0 fully saturated rings. The minimum absolute atomic E-state index is 0.225. The molecule has 7 rings (SSSR count). The lowest BCUT2D eigenvalue weighted by Gasteiger charge is -2.29. The van der Waals surface area contributed by atoms with Gasteiger partial charge in [0.05, 0.1) is 24.4 Å². The summed E-state index contributed by atoms with van der Waals surface area (Å²) in [5, 5.41) is 4.28. The van der Waals surface area contributed by atoms with Gasteiger partial charge in [0.25, 0.3) is 0 Å². The number of anilines is 2. The molecule has 2 amide bonds. The van der Waals surface area contributed by atoms with Gasteiger partial charge >= 0.3 is 6.03 Å². The van der Waals surface area contributed by atoms with Gasteiger partial charge in [-0.25, -0.2) is 19.0 Å². The number of fused-ring (bicyclic) bond motifs is 4. The highest BCUT2D eigenvalue weighted by atomic mass is 35.5. The molecule has 10 heteroatoms. The van der Waals surface area contributed by atoms with E-state index in [9.17, 15) is 14.0 Å². The Morgan fingerprint density at radius 1 is 1.07 bits per heavy atom. The van der Waals surface area contributed by atoms with Crippen molar-refractivity contribution >= 4 is 63.1 Å². The first-order valence-corrected chi connectivity index (χ1v) is 15.0. The Morgan fingerprint density at radius 2 is 1.87 bits per heavy atom. The maximum atomic E-state index is 14.9. The number of hydrogen-bond acceptors (Lipinski definition) is 5. The monoisotopic (exact) mass is 638 g/mol. The van der Waals surface area contributed by atoms with Gasteiger partial charge in [0.15, 0.2) is 5.94 Å². The molecule has 0 saturated heterocycles. The van der Waals surface area contributed by atoms with Gasteiger partial charge in [0.2, 0.25) is 0 Å². The van der Waals surface area contributed by atoms with Crippen molar-refractivity contribution in [1.82, 2.24) is 9.88 Å². The fourth-order valence-electron chi connectivity index (χ4n) is 6.32. The molecule has 1 atom stereocenters. The largest absolute Gasteiger partial charge is 0.497 e. The fourth-order valence-corrected chi connectivity index (χ4v) is 6.70. The lowest BCUT2D eigenvalue weighted by molar-refractivity contribution is 0.257. The minimum Gasteiger partial charge on any atom is -0.497 e. The second-order valence-corrected chi connectivity index (χ2v) is 11.7. The van der Waals surface area contributed by atoms with E-state index in [0.29, 0.717) is 50.6 Å². The zero-order valence-electron chi connectivity index (χ0n) is 24.0. The number of rotatable bonds is 5. The van der Waals surface area contributed by atoms with Crippen molar-refractivity contribution in [2.75, 3.05) is 23.9 Å². The maximum absolute atomic E-state index is 14.9. The third kappa shape index (κ3) is 5.07. The van der Waals surface area contributed by atoms with Crippen molar-refractivity contribution in [3.05, 3.63) is 129 Å². The van der Waals surface area contributed by atoms with Gasteiger partial charge < -0.3 is 15.0 Å². The molecule has 4 aromatic carbocycles. The van der Waals surface area contributed by atoms with Gasteiger partial charge in [-0.2, -0.15) is 0 Å². The lowest BCUT2D eigenvalue weighted by atomic mass is 9.93. The quantitative estimate of drug-likeness (QED) is 0.156. The SMILES string of the molecule is COc1ccc(CN2C(=C=O)c3c(c(NC(=O)N4CCc5ccccc54)cc4nc(Cl)ccc34)C2c2cc(F)ccc2Cl)cc1. The van der Waals surface area contributed by atoms with Crippen LogP contribution in [0.5, 0.6) is 5.75 Å². The smallest absolute Gasteiger partial charge is 0.326 e. The summed E-state index contributed by atoms with van der Waals surface area (Å²) in [5.41, 5.74) is 5.38. The summed E-state index contributed by atoms with van der Waals surface area (Å²) >= 11 is 13.1. The van der Waals surface area contributed by atoms with Gasteiger partial charge in [-0.3, -0.25) is 4.90 Å². The third-order valence-corrected chi connectivity index (χ3v) is 8.90. The molecule has 1 aromatic heterocycles. The average molecular weight is 640 g/mol. The summed E-state index contributed by atoms with van der Waals surface area (Å²) < 4.78 is 20.2. The number of carbonyl (C=O) groups is 1. The minimum atomic E-state index is -0.761. The van der Waals surface area contributed by atoms with E-state index in [4.69, 9.17) is 27.9 Å². The topological polar surface area (TPSA) is 74.8 Å². The number of ether oxygens (including phenoxy) is 1. The molecule has 1 unspecified atom stereocenters. The van der Waals surface area contributed by atoms with Crippen LogP contribution in [0.15, 0.2) is 84.9 Å². The summed E-state index contributed by atoms with van der Waals surface area (Å²) in [4.78, 5) is 34.8. The van der Waals surface area contributed by atoms with Gasteiger partial charge in [-0.15, -0.1) is 0 Å². The van der Waals surface area contributed by atoms with Crippen molar-refractivity contribution in [2.24, 2.45) is 0 Å². The molecule has 0 radical (unpaired) electrons. The number of nitrogens with one attached hydrogen (secondary N) is 1. The van der Waals surface area contributed by atoms with Crippen LogP contribution in [0.4, 0.5) is 20.6 Å². The van der Waals surface area contributed by atoms with Gasteiger partial charge in [-0.05, 0) is 72.1 Å². The molecule has 0 bridgehead atoms. The highest BCUT2D eigenvalue weighted by Crippen LogP contribution is 2.52. The molecule has 7 nitrogen and oxygen atoms in total. The van der Waals surface area contributed by atoms with E-state index < -0.39 is 11.9 Å². The Balaban J connectivity index is 1.44. The number of amides is 2. The number of hydrogen-bond donors (Lipinski definition) is 1. The molecule has 45 heavy (non-hydrogen) atoms. The highest BCUT2D eigenvalue weighted by Gasteiger charge is 2.41. The Bertz CT molecular complexity index is 2050. The molecule has 0 aliphatic carbocycles. The normalized spacial score (nSPS) is 15.2. The van der Waals surface area contributed by atoms with Crippen molar-refractivity contribution in [3.63, 3.8) is 0 Å². The lowest BCUT2D eigenvalue weighted by Crippen LogP contribution is -2.34. The molecule has 5 aromatic rings. The van der Waals surface area contributed by atoms with E-state index in [-0.39, 0.29) is 23.4 Å². The van der Waals surface area contributed by atoms with Gasteiger partial charge in [0, 0.05) is 45.9 Å². The van der Waals surface area contributed by atoms with Crippen LogP contribution in [0.3, 0.4) is 0 Å². The van der Waals surface area contributed by atoms with Crippen molar-refractivity contribution in [2.45, 2.75) is 19.0 Å². The molecule has 224 valence electrons. The zero-order chi connectivity index (χ0) is 31.2. The van der Waals surface area contributed by atoms with Crippen LogP contribution in [-0.2, 0) is 17.8 Å². The van der Waals surface area contributed by atoms with Crippen LogP contribution in [0.25, 0.3) is 16.6 Å². The predicted molar refractivity (Wildman–Crippen MR) is 174 cm³/mol. The van der Waals surface area contributed by atoms with E-state index >= 15 is 0 Å². The van der Waals surface area contributed by atoms with Crippen LogP contribution in [0.1, 0.15) is 33.9 Å². The second kappa shape index (κ2) is 11.6. The first-order valence-electron chi connectivity index (χ1n) is 14.3. The van der Waals surface area contributed by atoms with Crippen LogP contribution >= 0.6 is 23.2 Å². The summed E-state index contributed by atoms with van der Waals surface area (Å²) in [5.74, 6) is 2.34. The Morgan fingerprint density at radius 3 is 2.64 bits per heavy atom.